The van der Waals surface area contributed by atoms with Crippen LogP contribution in [0.1, 0.15) is 40.9 Å². The number of rotatable bonds is 6. The quantitative estimate of drug-likeness (QED) is 0.403. The highest BCUT2D eigenvalue weighted by molar-refractivity contribution is 5.98. The summed E-state index contributed by atoms with van der Waals surface area (Å²) in [6.07, 6.45) is 0. The molecular weight excluding hydrogens is 454 g/mol. The maximum absolute atomic E-state index is 13.7. The molecule has 36 heavy (non-hydrogen) atoms. The topological polar surface area (TPSA) is 90.4 Å². The van der Waals surface area contributed by atoms with Crippen LogP contribution in [0.15, 0.2) is 82.4 Å². The van der Waals surface area contributed by atoms with Gasteiger partial charge >= 0.3 is 5.69 Å². The molecule has 0 unspecified atom stereocenters. The third-order valence-electron chi connectivity index (χ3n) is 6.06. The van der Waals surface area contributed by atoms with E-state index in [4.69, 9.17) is 0 Å². The predicted octanol–water partition coefficient (Wildman–Crippen LogP) is 3.35. The number of benzene rings is 3. The number of fused-ring (bicyclic) bond motifs is 3. The van der Waals surface area contributed by atoms with Crippen molar-refractivity contribution in [2.24, 2.45) is 0 Å². The molecule has 182 valence electrons. The maximum atomic E-state index is 13.7. The van der Waals surface area contributed by atoms with Crippen LogP contribution in [0.3, 0.4) is 0 Å². The highest BCUT2D eigenvalue weighted by Gasteiger charge is 2.19. The number of carbonyl (C=O) groups excluding carboxylic acids is 1. The summed E-state index contributed by atoms with van der Waals surface area (Å²) in [5, 5.41) is 7.80. The van der Waals surface area contributed by atoms with Gasteiger partial charge in [0.05, 0.1) is 24.0 Å². The lowest BCUT2D eigenvalue weighted by atomic mass is 10.1. The van der Waals surface area contributed by atoms with Crippen LogP contribution in [-0.4, -0.2) is 30.7 Å². The van der Waals surface area contributed by atoms with E-state index in [1.807, 2.05) is 75.4 Å². The first kappa shape index (κ1) is 23.3. The van der Waals surface area contributed by atoms with E-state index in [0.717, 1.165) is 16.7 Å². The summed E-state index contributed by atoms with van der Waals surface area (Å²) in [4.78, 5) is 40.0. The molecule has 3 aromatic carbocycles. The first-order valence-corrected chi connectivity index (χ1v) is 11.9. The molecule has 0 saturated carbocycles. The van der Waals surface area contributed by atoms with Crippen LogP contribution in [0.4, 0.5) is 0 Å². The minimum absolute atomic E-state index is 0.0492. The van der Waals surface area contributed by atoms with Crippen LogP contribution in [-0.2, 0) is 13.1 Å². The van der Waals surface area contributed by atoms with Crippen molar-refractivity contribution in [2.45, 2.75) is 39.9 Å². The Hall–Kier alpha value is -4.46. The molecule has 0 radical (unpaired) electrons. The molecule has 0 fully saturated rings. The zero-order valence-electron chi connectivity index (χ0n) is 20.4. The number of hydrogen-bond acceptors (Lipinski definition) is 4. The third kappa shape index (κ3) is 4.33. The Morgan fingerprint density at radius 2 is 1.67 bits per heavy atom. The fourth-order valence-corrected chi connectivity index (χ4v) is 4.40. The van der Waals surface area contributed by atoms with Crippen molar-refractivity contribution in [1.82, 2.24) is 24.1 Å². The summed E-state index contributed by atoms with van der Waals surface area (Å²) in [5.41, 5.74) is 3.00. The Morgan fingerprint density at radius 1 is 0.917 bits per heavy atom. The molecular formula is C28H27N5O3. The zero-order valence-corrected chi connectivity index (χ0v) is 20.4. The van der Waals surface area contributed by atoms with E-state index in [1.54, 1.807) is 18.2 Å². The standard InChI is InChI=1S/C28H27N5O3/c1-18(2)29-25(34)22-12-13-23-24(15-22)33-27(31(26(23)35)16-20-9-5-4-6-10-20)30-32(28(33)36)17-21-11-7-8-19(3)14-21/h4-15,18H,16-17H2,1-3H3,(H,29,34). The molecule has 5 aromatic rings. The average molecular weight is 482 g/mol. The number of hydrogen-bond donors (Lipinski definition) is 1. The fourth-order valence-electron chi connectivity index (χ4n) is 4.40. The number of aromatic nitrogens is 4. The van der Waals surface area contributed by atoms with E-state index in [-0.39, 0.29) is 42.1 Å². The van der Waals surface area contributed by atoms with Crippen LogP contribution in [0.25, 0.3) is 16.7 Å². The minimum Gasteiger partial charge on any atom is -0.350 e. The van der Waals surface area contributed by atoms with Crippen molar-refractivity contribution < 1.29 is 4.79 Å². The fraction of sp³-hybridized carbons (Fsp3) is 0.214. The highest BCUT2D eigenvalue weighted by atomic mass is 16.2. The molecule has 0 aliphatic heterocycles. The number of nitrogens with one attached hydrogen (secondary N) is 1. The number of aryl methyl sites for hydroxylation is 1. The van der Waals surface area contributed by atoms with Crippen LogP contribution in [0.5, 0.6) is 0 Å². The van der Waals surface area contributed by atoms with Gasteiger partial charge in [0.25, 0.3) is 11.5 Å². The largest absolute Gasteiger partial charge is 0.352 e. The van der Waals surface area contributed by atoms with Gasteiger partial charge in [-0.1, -0.05) is 60.2 Å². The van der Waals surface area contributed by atoms with Crippen molar-refractivity contribution in [2.75, 3.05) is 0 Å². The summed E-state index contributed by atoms with van der Waals surface area (Å²) in [6.45, 7) is 6.26. The molecule has 8 nitrogen and oxygen atoms in total. The molecule has 0 spiro atoms. The second kappa shape index (κ2) is 9.30. The number of amides is 1. The van der Waals surface area contributed by atoms with Gasteiger partial charge in [0, 0.05) is 11.6 Å². The van der Waals surface area contributed by atoms with E-state index >= 15 is 0 Å². The molecule has 8 heteroatoms. The molecule has 1 N–H and O–H groups in total. The van der Waals surface area contributed by atoms with Gasteiger partial charge in [0.15, 0.2) is 0 Å². The first-order chi connectivity index (χ1) is 17.3. The average Bonchev–Trinajstić information content (AvgIpc) is 3.17. The van der Waals surface area contributed by atoms with Crippen molar-refractivity contribution >= 4 is 22.6 Å². The minimum atomic E-state index is -0.375. The van der Waals surface area contributed by atoms with E-state index < -0.39 is 0 Å². The lowest BCUT2D eigenvalue weighted by Crippen LogP contribution is -2.30. The summed E-state index contributed by atoms with van der Waals surface area (Å²) in [6, 6.07) is 22.2. The third-order valence-corrected chi connectivity index (χ3v) is 6.06. The van der Waals surface area contributed by atoms with Crippen molar-refractivity contribution in [3.63, 3.8) is 0 Å². The zero-order chi connectivity index (χ0) is 25.4. The number of nitrogens with zero attached hydrogens (tertiary/aromatic N) is 4. The molecule has 2 aromatic heterocycles. The van der Waals surface area contributed by atoms with Gasteiger partial charge in [-0.2, -0.15) is 0 Å². The summed E-state index contributed by atoms with van der Waals surface area (Å²) >= 11 is 0. The summed E-state index contributed by atoms with van der Waals surface area (Å²) in [7, 11) is 0. The van der Waals surface area contributed by atoms with Gasteiger partial charge in [0.1, 0.15) is 0 Å². The van der Waals surface area contributed by atoms with Gasteiger partial charge in [0.2, 0.25) is 5.78 Å². The van der Waals surface area contributed by atoms with E-state index in [0.29, 0.717) is 16.5 Å². The molecule has 2 heterocycles. The lowest BCUT2D eigenvalue weighted by Gasteiger charge is -2.12. The molecule has 0 aliphatic carbocycles. The summed E-state index contributed by atoms with van der Waals surface area (Å²) < 4.78 is 4.31. The smallest absolute Gasteiger partial charge is 0.350 e. The van der Waals surface area contributed by atoms with Crippen molar-refractivity contribution in [3.8, 4) is 0 Å². The number of carbonyl (C=O) groups is 1. The summed E-state index contributed by atoms with van der Waals surface area (Å²) in [5.74, 6) is -0.0378. The van der Waals surface area contributed by atoms with E-state index in [1.165, 1.54) is 13.6 Å². The first-order valence-electron chi connectivity index (χ1n) is 11.9. The Balaban J connectivity index is 1.76. The normalized spacial score (nSPS) is 11.4. The Labute approximate surface area is 207 Å². The molecule has 5 rings (SSSR count). The van der Waals surface area contributed by atoms with Gasteiger partial charge in [-0.25, -0.2) is 13.9 Å². The molecule has 1 amide bonds. The van der Waals surface area contributed by atoms with E-state index in [9.17, 15) is 14.4 Å². The lowest BCUT2D eigenvalue weighted by molar-refractivity contribution is 0.0943. The van der Waals surface area contributed by atoms with Crippen LogP contribution in [0.2, 0.25) is 0 Å². The Bertz CT molecular complexity index is 1710. The van der Waals surface area contributed by atoms with Gasteiger partial charge in [-0.15, -0.1) is 5.10 Å². The molecule has 0 atom stereocenters. The van der Waals surface area contributed by atoms with Crippen LogP contribution < -0.4 is 16.6 Å². The SMILES string of the molecule is Cc1cccc(Cn2nc3n(Cc4ccccc4)c(=O)c4ccc(C(=O)NC(C)C)cc4n3c2=O)c1. The monoisotopic (exact) mass is 481 g/mol. The molecule has 0 saturated heterocycles. The van der Waals surface area contributed by atoms with Crippen LogP contribution in [0, 0.1) is 6.92 Å². The van der Waals surface area contributed by atoms with Gasteiger partial charge in [-0.05, 0) is 50.1 Å². The maximum Gasteiger partial charge on any atom is 0.352 e. The second-order valence-electron chi connectivity index (χ2n) is 9.30. The Morgan fingerprint density at radius 3 is 2.39 bits per heavy atom. The van der Waals surface area contributed by atoms with E-state index in [2.05, 4.69) is 10.4 Å². The van der Waals surface area contributed by atoms with Crippen molar-refractivity contribution in [1.29, 1.82) is 0 Å². The second-order valence-corrected chi connectivity index (χ2v) is 9.30. The van der Waals surface area contributed by atoms with Gasteiger partial charge in [-0.3, -0.25) is 14.2 Å². The predicted molar refractivity (Wildman–Crippen MR) is 140 cm³/mol. The Kier molecular flexibility index (Phi) is 6.01. The molecule has 0 bridgehead atoms. The molecule has 0 aliphatic rings. The van der Waals surface area contributed by atoms with Crippen molar-refractivity contribution in [3.05, 3.63) is 116 Å². The van der Waals surface area contributed by atoms with Gasteiger partial charge < -0.3 is 5.32 Å². The highest BCUT2D eigenvalue weighted by Crippen LogP contribution is 2.16. The van der Waals surface area contributed by atoms with Crippen LogP contribution >= 0.6 is 0 Å².